The first-order chi connectivity index (χ1) is 10.1. The van der Waals surface area contributed by atoms with Crippen molar-refractivity contribution in [3.05, 3.63) is 23.9 Å². The third kappa shape index (κ3) is 3.02. The zero-order valence-corrected chi connectivity index (χ0v) is 12.7. The highest BCUT2D eigenvalue weighted by Crippen LogP contribution is 2.38. The first-order valence-electron chi connectivity index (χ1n) is 7.78. The van der Waals surface area contributed by atoms with E-state index >= 15 is 0 Å². The molecule has 2 fully saturated rings. The maximum Gasteiger partial charge on any atom is 0.272 e. The van der Waals surface area contributed by atoms with Gasteiger partial charge in [0.2, 0.25) is 0 Å². The van der Waals surface area contributed by atoms with E-state index in [0.29, 0.717) is 11.5 Å². The third-order valence-electron chi connectivity index (χ3n) is 4.79. The topological polar surface area (TPSA) is 62.5 Å². The first-order valence-corrected chi connectivity index (χ1v) is 7.78. The van der Waals surface area contributed by atoms with E-state index < -0.39 is 0 Å². The Morgan fingerprint density at radius 2 is 2.00 bits per heavy atom. The number of carbonyl (C=O) groups is 1. The van der Waals surface area contributed by atoms with E-state index in [2.05, 4.69) is 16.9 Å². The van der Waals surface area contributed by atoms with Crippen LogP contribution in [0.2, 0.25) is 0 Å². The molecule has 1 spiro atoms. The summed E-state index contributed by atoms with van der Waals surface area (Å²) in [5.74, 6) is 0.430. The monoisotopic (exact) mass is 288 g/mol. The van der Waals surface area contributed by atoms with Crippen LogP contribution in [0.5, 0.6) is 0 Å². The molecule has 3 heterocycles. The Bertz CT molecular complexity index is 529. The number of aromatic nitrogens is 1. The molecule has 1 amide bonds. The number of nitrogens with zero attached hydrogens (tertiary/aromatic N) is 3. The summed E-state index contributed by atoms with van der Waals surface area (Å²) in [6.45, 7) is 3.96. The van der Waals surface area contributed by atoms with Crippen molar-refractivity contribution in [1.82, 2.24) is 14.8 Å². The summed E-state index contributed by atoms with van der Waals surface area (Å²) in [5, 5.41) is 0. The molecule has 2 aliphatic heterocycles. The van der Waals surface area contributed by atoms with Crippen molar-refractivity contribution < 1.29 is 4.79 Å². The SMILES string of the molecule is CN1CCCC2(CCCN(C(=O)c3cccc(N)n3)C2)C1. The lowest BCUT2D eigenvalue weighted by atomic mass is 9.74. The zero-order chi connectivity index (χ0) is 14.9. The minimum Gasteiger partial charge on any atom is -0.384 e. The quantitative estimate of drug-likeness (QED) is 0.853. The van der Waals surface area contributed by atoms with Crippen LogP contribution in [0, 0.1) is 5.41 Å². The van der Waals surface area contributed by atoms with Gasteiger partial charge >= 0.3 is 0 Å². The van der Waals surface area contributed by atoms with Crippen molar-refractivity contribution in [3.8, 4) is 0 Å². The Hall–Kier alpha value is -1.62. The van der Waals surface area contributed by atoms with Crippen molar-refractivity contribution in [1.29, 1.82) is 0 Å². The van der Waals surface area contributed by atoms with Crippen LogP contribution in [-0.4, -0.2) is 53.9 Å². The predicted molar refractivity (Wildman–Crippen MR) is 83.0 cm³/mol. The summed E-state index contributed by atoms with van der Waals surface area (Å²) in [5.41, 5.74) is 6.44. The normalized spacial score (nSPS) is 27.0. The molecule has 5 nitrogen and oxygen atoms in total. The highest BCUT2D eigenvalue weighted by Gasteiger charge is 2.39. The Morgan fingerprint density at radius 3 is 2.71 bits per heavy atom. The van der Waals surface area contributed by atoms with Crippen molar-refractivity contribution >= 4 is 11.7 Å². The predicted octanol–water partition coefficient (Wildman–Crippen LogP) is 1.61. The van der Waals surface area contributed by atoms with Crippen molar-refractivity contribution in [2.45, 2.75) is 25.7 Å². The van der Waals surface area contributed by atoms with Gasteiger partial charge in [-0.15, -0.1) is 0 Å². The third-order valence-corrected chi connectivity index (χ3v) is 4.79. The Morgan fingerprint density at radius 1 is 1.24 bits per heavy atom. The smallest absolute Gasteiger partial charge is 0.272 e. The number of rotatable bonds is 1. The van der Waals surface area contributed by atoms with Gasteiger partial charge in [-0.25, -0.2) is 4.98 Å². The van der Waals surface area contributed by atoms with E-state index in [1.807, 2.05) is 4.90 Å². The van der Waals surface area contributed by atoms with Gasteiger partial charge in [0.1, 0.15) is 11.5 Å². The van der Waals surface area contributed by atoms with Gasteiger partial charge in [-0.3, -0.25) is 4.79 Å². The fourth-order valence-electron chi connectivity index (χ4n) is 3.90. The van der Waals surface area contributed by atoms with E-state index in [1.165, 1.54) is 25.8 Å². The molecule has 0 bridgehead atoms. The van der Waals surface area contributed by atoms with Crippen LogP contribution >= 0.6 is 0 Å². The fourth-order valence-corrected chi connectivity index (χ4v) is 3.90. The van der Waals surface area contributed by atoms with Crippen LogP contribution in [-0.2, 0) is 0 Å². The number of nitrogen functional groups attached to an aromatic ring is 1. The first kappa shape index (κ1) is 14.3. The van der Waals surface area contributed by atoms with Crippen LogP contribution in [0.3, 0.4) is 0 Å². The van der Waals surface area contributed by atoms with Crippen molar-refractivity contribution in [2.75, 3.05) is 39.0 Å². The molecule has 3 rings (SSSR count). The lowest BCUT2D eigenvalue weighted by Crippen LogP contribution is -2.52. The largest absolute Gasteiger partial charge is 0.384 e. The van der Waals surface area contributed by atoms with E-state index in [1.54, 1.807) is 18.2 Å². The number of likely N-dealkylation sites (tertiary alicyclic amines) is 2. The maximum atomic E-state index is 12.7. The van der Waals surface area contributed by atoms with E-state index in [4.69, 9.17) is 5.73 Å². The number of pyridine rings is 1. The van der Waals surface area contributed by atoms with Crippen molar-refractivity contribution in [2.24, 2.45) is 5.41 Å². The molecule has 5 heteroatoms. The van der Waals surface area contributed by atoms with Gasteiger partial charge in [0.25, 0.3) is 5.91 Å². The van der Waals surface area contributed by atoms with E-state index in [-0.39, 0.29) is 11.3 Å². The highest BCUT2D eigenvalue weighted by molar-refractivity contribution is 5.92. The summed E-state index contributed by atoms with van der Waals surface area (Å²) >= 11 is 0. The minimum atomic E-state index is 0.0228. The Labute approximate surface area is 126 Å². The average Bonchev–Trinajstić information content (AvgIpc) is 2.46. The molecule has 1 aromatic heterocycles. The molecule has 1 atom stereocenters. The molecule has 0 saturated carbocycles. The molecular weight excluding hydrogens is 264 g/mol. The summed E-state index contributed by atoms with van der Waals surface area (Å²) < 4.78 is 0. The van der Waals surface area contributed by atoms with Crippen molar-refractivity contribution in [3.63, 3.8) is 0 Å². The van der Waals surface area contributed by atoms with Crippen LogP contribution in [0.1, 0.15) is 36.2 Å². The number of carbonyl (C=O) groups excluding carboxylic acids is 1. The fraction of sp³-hybridized carbons (Fsp3) is 0.625. The number of hydrogen-bond donors (Lipinski definition) is 1. The number of piperidine rings is 2. The molecule has 2 saturated heterocycles. The molecule has 0 radical (unpaired) electrons. The summed E-state index contributed by atoms with van der Waals surface area (Å²) in [6.07, 6.45) is 4.77. The van der Waals surface area contributed by atoms with Crippen LogP contribution < -0.4 is 5.73 Å². The average molecular weight is 288 g/mol. The number of amides is 1. The molecule has 0 aromatic carbocycles. The molecule has 1 unspecified atom stereocenters. The molecule has 2 aliphatic rings. The highest BCUT2D eigenvalue weighted by atomic mass is 16.2. The lowest BCUT2D eigenvalue weighted by Gasteiger charge is -2.47. The second-order valence-corrected chi connectivity index (χ2v) is 6.62. The van der Waals surface area contributed by atoms with Crippen LogP contribution in [0.4, 0.5) is 5.82 Å². The number of nitrogens with two attached hydrogens (primary N) is 1. The Kier molecular flexibility index (Phi) is 3.85. The van der Waals surface area contributed by atoms with Crippen LogP contribution in [0.15, 0.2) is 18.2 Å². The molecule has 21 heavy (non-hydrogen) atoms. The van der Waals surface area contributed by atoms with Gasteiger partial charge in [0.15, 0.2) is 0 Å². The molecule has 0 aliphatic carbocycles. The van der Waals surface area contributed by atoms with Gasteiger partial charge in [0.05, 0.1) is 0 Å². The molecule has 1 aromatic rings. The van der Waals surface area contributed by atoms with Gasteiger partial charge in [-0.1, -0.05) is 6.07 Å². The van der Waals surface area contributed by atoms with E-state index in [0.717, 1.165) is 26.1 Å². The number of anilines is 1. The standard InChI is InChI=1S/C16H24N4O/c1-19-9-3-7-16(11-19)8-4-10-20(12-16)15(21)13-5-2-6-14(17)18-13/h2,5-6H,3-4,7-12H2,1H3,(H2,17,18). The van der Waals surface area contributed by atoms with Gasteiger partial charge in [0, 0.05) is 25.0 Å². The number of hydrogen-bond acceptors (Lipinski definition) is 4. The van der Waals surface area contributed by atoms with Gasteiger partial charge in [-0.2, -0.15) is 0 Å². The van der Waals surface area contributed by atoms with Gasteiger partial charge < -0.3 is 15.5 Å². The zero-order valence-electron chi connectivity index (χ0n) is 12.7. The minimum absolute atomic E-state index is 0.0228. The van der Waals surface area contributed by atoms with Crippen LogP contribution in [0.25, 0.3) is 0 Å². The van der Waals surface area contributed by atoms with E-state index in [9.17, 15) is 4.79 Å². The molecule has 114 valence electrons. The second-order valence-electron chi connectivity index (χ2n) is 6.62. The molecule has 2 N–H and O–H groups in total. The summed E-state index contributed by atoms with van der Waals surface area (Å²) in [7, 11) is 2.18. The Balaban J connectivity index is 1.75. The summed E-state index contributed by atoms with van der Waals surface area (Å²) in [6, 6.07) is 5.27. The maximum absolute atomic E-state index is 12.7. The van der Waals surface area contributed by atoms with Gasteiger partial charge in [-0.05, 0) is 51.4 Å². The summed E-state index contributed by atoms with van der Waals surface area (Å²) in [4.78, 5) is 21.2. The second kappa shape index (κ2) is 5.64. The molecular formula is C16H24N4O. The lowest BCUT2D eigenvalue weighted by molar-refractivity contribution is 0.0203.